The molecule has 2 N–H and O–H groups in total. The molecule has 3 aromatic rings. The van der Waals surface area contributed by atoms with E-state index in [9.17, 15) is 22.8 Å². The zero-order valence-electron chi connectivity index (χ0n) is 17.5. The fraction of sp³-hybridized carbons (Fsp3) is 0.238. The number of benzene rings is 2. The highest BCUT2D eigenvalue weighted by atomic mass is 19.3. The molecule has 0 aliphatic heterocycles. The highest BCUT2D eigenvalue weighted by Gasteiger charge is 2.48. The number of esters is 1. The summed E-state index contributed by atoms with van der Waals surface area (Å²) in [5.41, 5.74) is 0.729. The van der Waals surface area contributed by atoms with Gasteiger partial charge in [0.15, 0.2) is 0 Å². The van der Waals surface area contributed by atoms with Gasteiger partial charge in [0, 0.05) is 30.6 Å². The molecule has 1 heterocycles. The van der Waals surface area contributed by atoms with E-state index in [0.717, 1.165) is 7.11 Å². The molecule has 174 valence electrons. The van der Waals surface area contributed by atoms with Gasteiger partial charge in [0.25, 0.3) is 0 Å². The van der Waals surface area contributed by atoms with E-state index in [4.69, 9.17) is 9.47 Å². The third-order valence-corrected chi connectivity index (χ3v) is 4.35. The van der Waals surface area contributed by atoms with E-state index in [1.54, 1.807) is 6.07 Å². The van der Waals surface area contributed by atoms with E-state index in [0.29, 0.717) is 17.8 Å². The number of halogens is 3. The largest absolute Gasteiger partial charge is 0.491 e. The molecule has 1 aromatic heterocycles. The zero-order valence-corrected chi connectivity index (χ0v) is 17.5. The van der Waals surface area contributed by atoms with Gasteiger partial charge in [-0.2, -0.15) is 8.78 Å². The van der Waals surface area contributed by atoms with Gasteiger partial charge in [0.05, 0.1) is 24.6 Å². The number of aromatic nitrogens is 2. The van der Waals surface area contributed by atoms with Gasteiger partial charge in [-0.15, -0.1) is 0 Å². The Morgan fingerprint density at radius 2 is 1.73 bits per heavy atom. The molecule has 0 aliphatic carbocycles. The minimum atomic E-state index is -4.34. The quantitative estimate of drug-likeness (QED) is 0.282. The van der Waals surface area contributed by atoms with Crippen molar-refractivity contribution in [2.45, 2.75) is 5.92 Å². The monoisotopic (exact) mass is 464 g/mol. The number of nitrogens with one attached hydrogen (secondary N) is 2. The fourth-order valence-electron chi connectivity index (χ4n) is 2.74. The Morgan fingerprint density at radius 3 is 2.39 bits per heavy atom. The van der Waals surface area contributed by atoms with E-state index in [1.165, 1.54) is 43.8 Å². The summed E-state index contributed by atoms with van der Waals surface area (Å²) in [6.07, 6.45) is 1.24. The molecule has 12 heteroatoms. The SMILES string of the molecule is COCCOc1cc(F)c2c(Nc3ccc(NC(=O)C(F)(F)C(=O)OC)cc3)ncnc2c1. The Kier molecular flexibility index (Phi) is 7.28. The summed E-state index contributed by atoms with van der Waals surface area (Å²) in [6, 6.07) is 8.28. The van der Waals surface area contributed by atoms with Crippen LogP contribution in [0.3, 0.4) is 0 Å². The first-order chi connectivity index (χ1) is 15.8. The molecule has 33 heavy (non-hydrogen) atoms. The normalized spacial score (nSPS) is 11.2. The van der Waals surface area contributed by atoms with Gasteiger partial charge in [-0.05, 0) is 24.3 Å². The second-order valence-electron chi connectivity index (χ2n) is 6.59. The standard InChI is InChI=1S/C21H19F3N4O5/c1-31-7-8-33-14-9-15(22)17-16(10-14)25-11-26-18(17)27-12-3-5-13(6-4-12)28-19(29)21(23,24)20(30)32-2/h3-6,9-11H,7-8H2,1-2H3,(H,28,29)(H,25,26,27). The van der Waals surface area contributed by atoms with Crippen molar-refractivity contribution in [3.05, 3.63) is 48.5 Å². The van der Waals surface area contributed by atoms with E-state index >= 15 is 0 Å². The lowest BCUT2D eigenvalue weighted by atomic mass is 10.2. The topological polar surface area (TPSA) is 112 Å². The highest BCUT2D eigenvalue weighted by molar-refractivity contribution is 6.10. The van der Waals surface area contributed by atoms with Gasteiger partial charge < -0.3 is 24.8 Å². The molecule has 9 nitrogen and oxygen atoms in total. The predicted octanol–water partition coefficient (Wildman–Crippen LogP) is 3.28. The van der Waals surface area contributed by atoms with Gasteiger partial charge >= 0.3 is 17.8 Å². The third-order valence-electron chi connectivity index (χ3n) is 4.35. The van der Waals surface area contributed by atoms with Crippen molar-refractivity contribution in [1.29, 1.82) is 0 Å². The molecule has 0 spiro atoms. The van der Waals surface area contributed by atoms with Crippen LogP contribution >= 0.6 is 0 Å². The van der Waals surface area contributed by atoms with Crippen LogP contribution in [0.2, 0.25) is 0 Å². The molecule has 0 radical (unpaired) electrons. The molecule has 0 aliphatic rings. The number of nitrogens with zero attached hydrogens (tertiary/aromatic N) is 2. The summed E-state index contributed by atoms with van der Waals surface area (Å²) in [7, 11) is 2.27. The first kappa shape index (κ1) is 23.7. The van der Waals surface area contributed by atoms with Crippen molar-refractivity contribution >= 4 is 40.0 Å². The minimum Gasteiger partial charge on any atom is -0.491 e. The summed E-state index contributed by atoms with van der Waals surface area (Å²) in [4.78, 5) is 30.8. The van der Waals surface area contributed by atoms with Crippen LogP contribution in [0.5, 0.6) is 5.75 Å². The number of fused-ring (bicyclic) bond motifs is 1. The van der Waals surface area contributed by atoms with Gasteiger partial charge in [-0.25, -0.2) is 19.2 Å². The maximum atomic E-state index is 14.7. The van der Waals surface area contributed by atoms with Crippen molar-refractivity contribution in [3.63, 3.8) is 0 Å². The molecule has 0 saturated heterocycles. The first-order valence-corrected chi connectivity index (χ1v) is 9.47. The van der Waals surface area contributed by atoms with Gasteiger partial charge in [0.1, 0.15) is 30.3 Å². The van der Waals surface area contributed by atoms with Crippen LogP contribution in [0.1, 0.15) is 0 Å². The maximum absolute atomic E-state index is 14.7. The first-order valence-electron chi connectivity index (χ1n) is 9.47. The number of methoxy groups -OCH3 is 2. The lowest BCUT2D eigenvalue weighted by Gasteiger charge is -2.14. The lowest BCUT2D eigenvalue weighted by molar-refractivity contribution is -0.173. The van der Waals surface area contributed by atoms with E-state index in [2.05, 4.69) is 20.0 Å². The van der Waals surface area contributed by atoms with Crippen molar-refractivity contribution in [1.82, 2.24) is 9.97 Å². The average molecular weight is 464 g/mol. The number of hydrogen-bond acceptors (Lipinski definition) is 8. The molecule has 0 bridgehead atoms. The van der Waals surface area contributed by atoms with Crippen LogP contribution in [-0.4, -0.2) is 55.2 Å². The summed E-state index contributed by atoms with van der Waals surface area (Å²) < 4.78 is 56.2. The maximum Gasteiger partial charge on any atom is 0.419 e. The van der Waals surface area contributed by atoms with Crippen molar-refractivity contribution < 1.29 is 37.0 Å². The molecule has 1 amide bonds. The summed E-state index contributed by atoms with van der Waals surface area (Å²) in [5.74, 6) is -8.31. The number of carbonyl (C=O) groups excluding carboxylic acids is 2. The lowest BCUT2D eigenvalue weighted by Crippen LogP contribution is -2.42. The van der Waals surface area contributed by atoms with E-state index in [1.807, 2.05) is 5.32 Å². The number of ether oxygens (including phenoxy) is 3. The Bertz CT molecular complexity index is 1160. The summed E-state index contributed by atoms with van der Waals surface area (Å²) in [5, 5.41) is 4.96. The van der Waals surface area contributed by atoms with Gasteiger partial charge in [-0.1, -0.05) is 0 Å². The van der Waals surface area contributed by atoms with Crippen molar-refractivity contribution in [2.24, 2.45) is 0 Å². The smallest absolute Gasteiger partial charge is 0.419 e. The number of amides is 1. The molecule has 0 atom stereocenters. The molecular weight excluding hydrogens is 445 g/mol. The van der Waals surface area contributed by atoms with Crippen LogP contribution in [-0.2, 0) is 19.1 Å². The van der Waals surface area contributed by atoms with Gasteiger partial charge in [-0.3, -0.25) is 4.79 Å². The second-order valence-corrected chi connectivity index (χ2v) is 6.59. The third kappa shape index (κ3) is 5.47. The fourth-order valence-corrected chi connectivity index (χ4v) is 2.74. The molecule has 0 saturated carbocycles. The van der Waals surface area contributed by atoms with Gasteiger partial charge in [0.2, 0.25) is 0 Å². The molecule has 3 rings (SSSR count). The predicted molar refractivity (Wildman–Crippen MR) is 112 cm³/mol. The van der Waals surface area contributed by atoms with Crippen LogP contribution in [0.4, 0.5) is 30.4 Å². The zero-order chi connectivity index (χ0) is 24.0. The van der Waals surface area contributed by atoms with Crippen LogP contribution in [0, 0.1) is 5.82 Å². The Labute approximate surface area is 185 Å². The second kappa shape index (κ2) is 10.1. The Hall–Kier alpha value is -3.93. The minimum absolute atomic E-state index is 0.00528. The average Bonchev–Trinajstić information content (AvgIpc) is 2.79. The Morgan fingerprint density at radius 1 is 1.03 bits per heavy atom. The summed E-state index contributed by atoms with van der Waals surface area (Å²) >= 11 is 0. The molecule has 2 aromatic carbocycles. The Balaban J connectivity index is 1.76. The van der Waals surface area contributed by atoms with Crippen molar-refractivity contribution in [2.75, 3.05) is 38.1 Å². The van der Waals surface area contributed by atoms with Crippen molar-refractivity contribution in [3.8, 4) is 5.75 Å². The number of anilines is 3. The number of carbonyl (C=O) groups is 2. The highest BCUT2D eigenvalue weighted by Crippen LogP contribution is 2.30. The van der Waals surface area contributed by atoms with E-state index < -0.39 is 23.6 Å². The number of alkyl halides is 2. The van der Waals surface area contributed by atoms with Crippen LogP contribution in [0.15, 0.2) is 42.7 Å². The molecule has 0 unspecified atom stereocenters. The van der Waals surface area contributed by atoms with Crippen LogP contribution < -0.4 is 15.4 Å². The molecular formula is C21H19F3N4O5. The summed E-state index contributed by atoms with van der Waals surface area (Å²) in [6.45, 7) is 0.582. The molecule has 0 fully saturated rings. The number of hydrogen-bond donors (Lipinski definition) is 2. The van der Waals surface area contributed by atoms with Crippen LogP contribution in [0.25, 0.3) is 10.9 Å². The van der Waals surface area contributed by atoms with E-state index in [-0.39, 0.29) is 29.2 Å². The number of rotatable bonds is 9.